The third-order valence-electron chi connectivity index (χ3n) is 3.77. The molecule has 9 heteroatoms. The molecule has 0 bridgehead atoms. The molecule has 0 saturated carbocycles. The smallest absolute Gasteiger partial charge is 0.382 e. The van der Waals surface area contributed by atoms with Crippen LogP contribution < -0.4 is 5.73 Å². The fourth-order valence-corrected chi connectivity index (χ4v) is 2.31. The maximum absolute atomic E-state index is 13.8. The van der Waals surface area contributed by atoms with E-state index in [0.29, 0.717) is 0 Å². The molecule has 0 aromatic heterocycles. The summed E-state index contributed by atoms with van der Waals surface area (Å²) in [6.45, 7) is 2.00. The predicted molar refractivity (Wildman–Crippen MR) is 58.0 cm³/mol. The summed E-state index contributed by atoms with van der Waals surface area (Å²) in [5.74, 6) is -23.4. The Morgan fingerprint density at radius 2 is 1.19 bits per heavy atom. The predicted octanol–water partition coefficient (Wildman–Crippen LogP) is 4.35. The van der Waals surface area contributed by atoms with Gasteiger partial charge in [-0.15, -0.1) is 0 Å². The molecule has 1 aromatic carbocycles. The second-order valence-electron chi connectivity index (χ2n) is 4.94. The van der Waals surface area contributed by atoms with Gasteiger partial charge in [0.25, 0.3) is 0 Å². The summed E-state index contributed by atoms with van der Waals surface area (Å²) >= 11 is 0. The zero-order valence-corrected chi connectivity index (χ0v) is 10.7. The first-order chi connectivity index (χ1) is 9.21. The highest BCUT2D eigenvalue weighted by atomic mass is 19.4. The number of anilines is 1. The summed E-state index contributed by atoms with van der Waals surface area (Å²) in [4.78, 5) is 0. The van der Waals surface area contributed by atoms with Crippen molar-refractivity contribution >= 4 is 5.69 Å². The van der Waals surface area contributed by atoms with Crippen molar-refractivity contribution in [3.05, 3.63) is 28.3 Å². The van der Waals surface area contributed by atoms with Crippen molar-refractivity contribution in [2.45, 2.75) is 37.5 Å². The van der Waals surface area contributed by atoms with E-state index in [-0.39, 0.29) is 11.6 Å². The molecular weight excluding hydrogens is 310 g/mol. The van der Waals surface area contributed by atoms with Crippen molar-refractivity contribution in [2.24, 2.45) is 0 Å². The van der Waals surface area contributed by atoms with Crippen LogP contribution in [0.25, 0.3) is 0 Å². The van der Waals surface area contributed by atoms with E-state index < -0.39 is 46.1 Å². The average Bonchev–Trinajstić information content (AvgIpc) is 2.32. The van der Waals surface area contributed by atoms with Crippen LogP contribution in [0.2, 0.25) is 0 Å². The van der Waals surface area contributed by atoms with Crippen LogP contribution in [-0.2, 0) is 11.8 Å². The van der Waals surface area contributed by atoms with E-state index >= 15 is 0 Å². The molecule has 0 radical (unpaired) electrons. The number of hydrogen-bond acceptors (Lipinski definition) is 1. The Bertz CT molecular complexity index is 620. The van der Waals surface area contributed by atoms with Crippen molar-refractivity contribution in [1.82, 2.24) is 0 Å². The van der Waals surface area contributed by atoms with Crippen LogP contribution >= 0.6 is 0 Å². The number of nitrogen functional groups attached to an aromatic ring is 1. The minimum Gasteiger partial charge on any atom is -0.398 e. The van der Waals surface area contributed by atoms with Gasteiger partial charge in [-0.05, 0) is 31.0 Å². The van der Waals surface area contributed by atoms with E-state index in [2.05, 4.69) is 0 Å². The standard InChI is InChI=1S/C12H9F8N/c1-4-5(2)8-6(3-7(4)21)9(13,14)11(17,18)12(19,20)10(8,15)16/h3H,21H2,1-2H3. The van der Waals surface area contributed by atoms with Gasteiger partial charge in [0.05, 0.1) is 0 Å². The minimum absolute atomic E-state index is 0.148. The lowest BCUT2D eigenvalue weighted by Gasteiger charge is -2.43. The Hall–Kier alpha value is -1.54. The first kappa shape index (κ1) is 15.8. The number of nitrogens with two attached hydrogens (primary N) is 1. The highest BCUT2D eigenvalue weighted by Crippen LogP contribution is 2.65. The highest BCUT2D eigenvalue weighted by Gasteiger charge is 2.85. The summed E-state index contributed by atoms with van der Waals surface area (Å²) in [6, 6.07) is 0.203. The van der Waals surface area contributed by atoms with Crippen molar-refractivity contribution in [3.63, 3.8) is 0 Å². The van der Waals surface area contributed by atoms with E-state index in [1.54, 1.807) is 0 Å². The number of halogens is 8. The number of hydrogen-bond donors (Lipinski definition) is 1. The average molecular weight is 319 g/mol. The fourth-order valence-electron chi connectivity index (χ4n) is 2.31. The SMILES string of the molecule is Cc1c(N)cc2c(c1C)C(F)(F)C(F)(F)C(F)(F)C2(F)F. The largest absolute Gasteiger partial charge is 0.398 e. The Balaban J connectivity index is 3.02. The van der Waals surface area contributed by atoms with Crippen molar-refractivity contribution in [1.29, 1.82) is 0 Å². The summed E-state index contributed by atoms with van der Waals surface area (Å²) in [6.07, 6.45) is 0. The second kappa shape index (κ2) is 3.80. The van der Waals surface area contributed by atoms with E-state index in [1.807, 2.05) is 0 Å². The molecule has 0 heterocycles. The summed E-state index contributed by atoms with van der Waals surface area (Å²) < 4.78 is 108. The molecule has 0 atom stereocenters. The Morgan fingerprint density at radius 3 is 1.67 bits per heavy atom. The molecule has 1 aliphatic rings. The van der Waals surface area contributed by atoms with Gasteiger partial charge in [0.1, 0.15) is 0 Å². The van der Waals surface area contributed by atoms with Gasteiger partial charge in [-0.25, -0.2) is 0 Å². The van der Waals surface area contributed by atoms with E-state index in [1.165, 1.54) is 0 Å². The number of fused-ring (bicyclic) bond motifs is 1. The van der Waals surface area contributed by atoms with Crippen LogP contribution in [0, 0.1) is 13.8 Å². The van der Waals surface area contributed by atoms with Gasteiger partial charge in [-0.1, -0.05) is 0 Å². The van der Waals surface area contributed by atoms with Gasteiger partial charge in [-0.2, -0.15) is 35.1 Å². The first-order valence-corrected chi connectivity index (χ1v) is 5.63. The Morgan fingerprint density at radius 1 is 0.762 bits per heavy atom. The van der Waals surface area contributed by atoms with E-state index in [4.69, 9.17) is 5.73 Å². The molecule has 1 nitrogen and oxygen atoms in total. The lowest BCUT2D eigenvalue weighted by molar-refractivity contribution is -0.386. The third kappa shape index (κ3) is 1.51. The molecule has 1 aliphatic carbocycles. The topological polar surface area (TPSA) is 26.0 Å². The number of alkyl halides is 8. The van der Waals surface area contributed by atoms with Crippen LogP contribution in [0.1, 0.15) is 22.3 Å². The maximum atomic E-state index is 13.8. The Kier molecular flexibility index (Phi) is 2.87. The first-order valence-electron chi connectivity index (χ1n) is 5.63. The molecule has 1 aromatic rings. The molecule has 0 unspecified atom stereocenters. The van der Waals surface area contributed by atoms with Crippen LogP contribution in [0.5, 0.6) is 0 Å². The minimum atomic E-state index is -6.25. The Labute approximate surface area is 113 Å². The monoisotopic (exact) mass is 319 g/mol. The van der Waals surface area contributed by atoms with Crippen molar-refractivity contribution < 1.29 is 35.1 Å². The second-order valence-corrected chi connectivity index (χ2v) is 4.94. The fraction of sp³-hybridized carbons (Fsp3) is 0.500. The molecule has 2 N–H and O–H groups in total. The van der Waals surface area contributed by atoms with Crippen LogP contribution in [0.3, 0.4) is 0 Å². The molecule has 0 aliphatic heterocycles. The van der Waals surface area contributed by atoms with Crippen molar-refractivity contribution in [3.8, 4) is 0 Å². The highest BCUT2D eigenvalue weighted by molar-refractivity contribution is 5.60. The van der Waals surface area contributed by atoms with Gasteiger partial charge in [-0.3, -0.25) is 0 Å². The lowest BCUT2D eigenvalue weighted by Crippen LogP contribution is -2.64. The third-order valence-corrected chi connectivity index (χ3v) is 3.77. The van der Waals surface area contributed by atoms with Gasteiger partial charge < -0.3 is 5.73 Å². The van der Waals surface area contributed by atoms with Crippen LogP contribution in [-0.4, -0.2) is 11.8 Å². The van der Waals surface area contributed by atoms with Crippen LogP contribution in [0.4, 0.5) is 40.8 Å². The summed E-state index contributed by atoms with van der Waals surface area (Å²) in [7, 11) is 0. The number of rotatable bonds is 0. The normalized spacial score (nSPS) is 24.5. The van der Waals surface area contributed by atoms with Crippen molar-refractivity contribution in [2.75, 3.05) is 5.73 Å². The zero-order chi connectivity index (χ0) is 16.6. The molecule has 0 spiro atoms. The molecule has 0 amide bonds. The number of benzene rings is 1. The molecule has 118 valence electrons. The quantitative estimate of drug-likeness (QED) is 0.558. The van der Waals surface area contributed by atoms with Crippen LogP contribution in [0.15, 0.2) is 6.07 Å². The lowest BCUT2D eigenvalue weighted by atomic mass is 9.77. The molecule has 0 saturated heterocycles. The summed E-state index contributed by atoms with van der Waals surface area (Å²) in [5.41, 5.74) is 0.367. The zero-order valence-electron chi connectivity index (χ0n) is 10.7. The molecule has 0 fully saturated rings. The van der Waals surface area contributed by atoms with E-state index in [9.17, 15) is 35.1 Å². The van der Waals surface area contributed by atoms with E-state index in [0.717, 1.165) is 13.8 Å². The maximum Gasteiger partial charge on any atom is 0.382 e. The summed E-state index contributed by atoms with van der Waals surface area (Å²) in [5, 5.41) is 0. The van der Waals surface area contributed by atoms with Gasteiger partial charge in [0.2, 0.25) is 0 Å². The molecular formula is C12H9F8N. The molecule has 2 rings (SSSR count). The van der Waals surface area contributed by atoms with Gasteiger partial charge >= 0.3 is 23.7 Å². The van der Waals surface area contributed by atoms with Gasteiger partial charge in [0.15, 0.2) is 0 Å². The van der Waals surface area contributed by atoms with Gasteiger partial charge in [0, 0.05) is 16.8 Å². The molecule has 21 heavy (non-hydrogen) atoms.